The highest BCUT2D eigenvalue weighted by atomic mass is 79.9. The highest BCUT2D eigenvalue weighted by Crippen LogP contribution is 2.30. The summed E-state index contributed by atoms with van der Waals surface area (Å²) in [7, 11) is 0. The number of benzene rings is 2. The zero-order valence-electron chi connectivity index (χ0n) is 15.9. The molecule has 0 atom stereocenters. The number of aromatic nitrogens is 2. The van der Waals surface area contributed by atoms with E-state index >= 15 is 0 Å². The molecule has 0 aliphatic heterocycles. The van der Waals surface area contributed by atoms with Crippen molar-refractivity contribution >= 4 is 38.6 Å². The van der Waals surface area contributed by atoms with Gasteiger partial charge in [-0.05, 0) is 49.7 Å². The smallest absolute Gasteiger partial charge is 0.383 e. The van der Waals surface area contributed by atoms with E-state index in [4.69, 9.17) is 0 Å². The number of carbonyl (C=O) groups is 1. The second-order valence-corrected chi connectivity index (χ2v) is 7.50. The van der Waals surface area contributed by atoms with Crippen molar-refractivity contribution in [2.24, 2.45) is 0 Å². The lowest BCUT2D eigenvalue weighted by Gasteiger charge is -2.12. The van der Waals surface area contributed by atoms with Crippen LogP contribution in [0.5, 0.6) is 0 Å². The lowest BCUT2D eigenvalue weighted by Crippen LogP contribution is -2.23. The number of rotatable bonds is 6. The van der Waals surface area contributed by atoms with Gasteiger partial charge in [-0.25, -0.2) is 4.98 Å². The van der Waals surface area contributed by atoms with Crippen molar-refractivity contribution in [3.63, 3.8) is 0 Å². The molecule has 3 aromatic rings. The summed E-state index contributed by atoms with van der Waals surface area (Å²) < 4.78 is 39.9. The van der Waals surface area contributed by atoms with Gasteiger partial charge in [-0.1, -0.05) is 15.9 Å². The van der Waals surface area contributed by atoms with Crippen molar-refractivity contribution in [3.05, 3.63) is 52.3 Å². The van der Waals surface area contributed by atoms with Gasteiger partial charge in [0.25, 0.3) is 5.91 Å². The molecule has 0 aliphatic carbocycles. The number of imidazole rings is 1. The Morgan fingerprint density at radius 3 is 2.66 bits per heavy atom. The van der Waals surface area contributed by atoms with Crippen LogP contribution < -0.4 is 10.6 Å². The number of aryl methyl sites for hydroxylation is 1. The van der Waals surface area contributed by atoms with Gasteiger partial charge in [0.15, 0.2) is 0 Å². The summed E-state index contributed by atoms with van der Waals surface area (Å²) in [6.45, 7) is 4.03. The molecule has 0 saturated heterocycles. The number of amides is 1. The van der Waals surface area contributed by atoms with E-state index in [1.807, 2.05) is 36.6 Å². The van der Waals surface area contributed by atoms with E-state index in [1.165, 1.54) is 0 Å². The average molecular weight is 469 g/mol. The van der Waals surface area contributed by atoms with E-state index in [-0.39, 0.29) is 12.5 Å². The van der Waals surface area contributed by atoms with E-state index in [0.717, 1.165) is 21.2 Å². The molecular formula is C20H20BrF3N4O. The molecule has 0 bridgehead atoms. The van der Waals surface area contributed by atoms with Crippen LogP contribution >= 0.6 is 15.9 Å². The fourth-order valence-corrected chi connectivity index (χ4v) is 3.52. The van der Waals surface area contributed by atoms with Crippen molar-refractivity contribution in [3.8, 4) is 5.69 Å². The van der Waals surface area contributed by atoms with E-state index < -0.39 is 12.6 Å². The third-order valence-corrected chi connectivity index (χ3v) is 4.87. The van der Waals surface area contributed by atoms with Gasteiger partial charge in [0.05, 0.1) is 17.6 Å². The number of fused-ring (bicyclic) bond motifs is 1. The normalized spacial score (nSPS) is 11.7. The molecule has 0 radical (unpaired) electrons. The van der Waals surface area contributed by atoms with Crippen molar-refractivity contribution in [2.75, 3.05) is 18.4 Å². The fourth-order valence-electron chi connectivity index (χ4n) is 3.07. The van der Waals surface area contributed by atoms with Crippen molar-refractivity contribution < 1.29 is 18.0 Å². The number of hydrogen-bond acceptors (Lipinski definition) is 3. The first-order chi connectivity index (χ1) is 13.7. The Bertz CT molecular complexity index is 1050. The number of halogens is 4. The fraction of sp³-hybridized carbons (Fsp3) is 0.300. The number of hydrogen-bond donors (Lipinski definition) is 2. The highest BCUT2D eigenvalue weighted by Gasteiger charge is 2.26. The van der Waals surface area contributed by atoms with Crippen LogP contribution in [0.1, 0.15) is 29.3 Å². The summed E-state index contributed by atoms with van der Waals surface area (Å²) in [5.74, 6) is -0.133. The number of anilines is 1. The SMILES string of the molecule is CCNC(=O)c1ccc(-n2cnc3c(NCCC(F)(F)F)cc(Br)cc32)cc1C. The quantitative estimate of drug-likeness (QED) is 0.521. The third-order valence-electron chi connectivity index (χ3n) is 4.41. The monoisotopic (exact) mass is 468 g/mol. The van der Waals surface area contributed by atoms with Crippen LogP contribution in [0.15, 0.2) is 41.1 Å². The summed E-state index contributed by atoms with van der Waals surface area (Å²) in [6.07, 6.45) is -3.53. The number of nitrogens with one attached hydrogen (secondary N) is 2. The molecular weight excluding hydrogens is 449 g/mol. The Hall–Kier alpha value is -2.55. The van der Waals surface area contributed by atoms with E-state index in [0.29, 0.717) is 23.3 Å². The van der Waals surface area contributed by atoms with Gasteiger partial charge in [-0.3, -0.25) is 9.36 Å². The summed E-state index contributed by atoms with van der Waals surface area (Å²) in [4.78, 5) is 16.5. The molecule has 5 nitrogen and oxygen atoms in total. The van der Waals surface area contributed by atoms with Crippen LogP contribution in [0.25, 0.3) is 16.7 Å². The minimum atomic E-state index is -4.22. The van der Waals surface area contributed by atoms with Gasteiger partial charge in [0.2, 0.25) is 0 Å². The van der Waals surface area contributed by atoms with Crippen molar-refractivity contribution in [2.45, 2.75) is 26.4 Å². The molecule has 2 N–H and O–H groups in total. The topological polar surface area (TPSA) is 59.0 Å². The van der Waals surface area contributed by atoms with Gasteiger partial charge in [-0.2, -0.15) is 13.2 Å². The average Bonchev–Trinajstić information content (AvgIpc) is 3.04. The lowest BCUT2D eigenvalue weighted by molar-refractivity contribution is -0.131. The zero-order valence-corrected chi connectivity index (χ0v) is 17.5. The van der Waals surface area contributed by atoms with E-state index in [9.17, 15) is 18.0 Å². The maximum atomic E-state index is 12.5. The van der Waals surface area contributed by atoms with Gasteiger partial charge in [0.1, 0.15) is 11.8 Å². The van der Waals surface area contributed by atoms with Gasteiger partial charge >= 0.3 is 6.18 Å². The molecule has 0 spiro atoms. The molecule has 0 fully saturated rings. The molecule has 1 aromatic heterocycles. The summed E-state index contributed by atoms with van der Waals surface area (Å²) >= 11 is 3.41. The second kappa shape index (κ2) is 8.44. The van der Waals surface area contributed by atoms with Crippen molar-refractivity contribution in [1.29, 1.82) is 0 Å². The number of carbonyl (C=O) groups excluding carboxylic acids is 1. The summed E-state index contributed by atoms with van der Waals surface area (Å²) in [6, 6.07) is 9.01. The minimum absolute atomic E-state index is 0.133. The van der Waals surface area contributed by atoms with Crippen molar-refractivity contribution in [1.82, 2.24) is 14.9 Å². The maximum Gasteiger partial charge on any atom is 0.390 e. The lowest BCUT2D eigenvalue weighted by atomic mass is 10.1. The van der Waals surface area contributed by atoms with Crippen LogP contribution in [0.2, 0.25) is 0 Å². The molecule has 2 aromatic carbocycles. The summed E-state index contributed by atoms with van der Waals surface area (Å²) in [5, 5.41) is 5.60. The number of alkyl halides is 3. The largest absolute Gasteiger partial charge is 0.390 e. The molecule has 29 heavy (non-hydrogen) atoms. The summed E-state index contributed by atoms with van der Waals surface area (Å²) in [5.41, 5.74) is 4.04. The first-order valence-corrected chi connectivity index (χ1v) is 9.85. The predicted molar refractivity (Wildman–Crippen MR) is 111 cm³/mol. The highest BCUT2D eigenvalue weighted by molar-refractivity contribution is 9.10. The number of nitrogens with zero attached hydrogens (tertiary/aromatic N) is 2. The molecule has 1 amide bonds. The molecule has 154 valence electrons. The van der Waals surface area contributed by atoms with Gasteiger partial charge < -0.3 is 10.6 Å². The molecule has 3 rings (SSSR count). The zero-order chi connectivity index (χ0) is 21.2. The van der Waals surface area contributed by atoms with Crippen LogP contribution in [-0.4, -0.2) is 34.7 Å². The van der Waals surface area contributed by atoms with E-state index in [1.54, 1.807) is 18.5 Å². The first-order valence-electron chi connectivity index (χ1n) is 9.06. The molecule has 0 unspecified atom stereocenters. The van der Waals surface area contributed by atoms with Crippen LogP contribution in [0.4, 0.5) is 18.9 Å². The van der Waals surface area contributed by atoms with Gasteiger partial charge in [0, 0.05) is 28.8 Å². The predicted octanol–water partition coefficient (Wildman–Crippen LogP) is 5.21. The molecule has 9 heteroatoms. The Morgan fingerprint density at radius 1 is 1.24 bits per heavy atom. The Kier molecular flexibility index (Phi) is 6.16. The first kappa shape index (κ1) is 21.2. The van der Waals surface area contributed by atoms with Crippen LogP contribution in [0, 0.1) is 6.92 Å². The van der Waals surface area contributed by atoms with Crippen LogP contribution in [0.3, 0.4) is 0 Å². The third kappa shape index (κ3) is 4.90. The molecule has 0 saturated carbocycles. The maximum absolute atomic E-state index is 12.5. The standard InChI is InChI=1S/C20H20BrF3N4O/c1-3-25-19(29)15-5-4-14(8-12(15)2)28-11-27-18-16(9-13(21)10-17(18)28)26-7-6-20(22,23)24/h4-5,8-11,26H,3,6-7H2,1-2H3,(H,25,29). The second-order valence-electron chi connectivity index (χ2n) is 6.59. The van der Waals surface area contributed by atoms with Crippen LogP contribution in [-0.2, 0) is 0 Å². The Labute approximate surface area is 174 Å². The Morgan fingerprint density at radius 2 is 2.00 bits per heavy atom. The molecule has 1 heterocycles. The van der Waals surface area contributed by atoms with Gasteiger partial charge in [-0.15, -0.1) is 0 Å². The van der Waals surface area contributed by atoms with E-state index in [2.05, 4.69) is 31.5 Å². The minimum Gasteiger partial charge on any atom is -0.383 e. The molecule has 0 aliphatic rings. The Balaban J connectivity index is 1.95.